The maximum Gasteiger partial charge on any atom is 0.319 e. The molecule has 1 atom stereocenters. The van der Waals surface area contributed by atoms with Crippen molar-refractivity contribution in [2.24, 2.45) is 5.92 Å². The molecule has 0 radical (unpaired) electrons. The zero-order chi connectivity index (χ0) is 16.8. The lowest BCUT2D eigenvalue weighted by Crippen LogP contribution is -2.47. The molecule has 0 bridgehead atoms. The quantitative estimate of drug-likeness (QED) is 0.618. The van der Waals surface area contributed by atoms with Gasteiger partial charge in [0.1, 0.15) is 11.5 Å². The van der Waals surface area contributed by atoms with Crippen molar-refractivity contribution in [2.75, 3.05) is 6.61 Å². The van der Waals surface area contributed by atoms with E-state index in [0.29, 0.717) is 0 Å². The van der Waals surface area contributed by atoms with E-state index in [0.717, 1.165) is 0 Å². The van der Waals surface area contributed by atoms with Gasteiger partial charge in [-0.3, -0.25) is 14.4 Å². The summed E-state index contributed by atoms with van der Waals surface area (Å²) in [5.74, 6) is -3.07. The van der Waals surface area contributed by atoms with Gasteiger partial charge in [0, 0.05) is 5.54 Å². The number of carbonyl (C=O) groups is 3. The van der Waals surface area contributed by atoms with Gasteiger partial charge < -0.3 is 14.8 Å². The predicted molar refractivity (Wildman–Crippen MR) is 78.5 cm³/mol. The Morgan fingerprint density at radius 1 is 1.05 bits per heavy atom. The molecular weight excluding hydrogens is 274 g/mol. The van der Waals surface area contributed by atoms with Gasteiger partial charge in [0.2, 0.25) is 5.91 Å². The van der Waals surface area contributed by atoms with Crippen LogP contribution in [0.25, 0.3) is 0 Å². The molecule has 0 saturated carbocycles. The molecule has 1 N–H and O–H groups in total. The SMILES string of the molecule is CCOC(=O)CC(C(=O)NC(C)(C)C)C(=O)OC(C)(C)C. The van der Waals surface area contributed by atoms with Crippen LogP contribution in [0, 0.1) is 5.92 Å². The predicted octanol–water partition coefficient (Wildman–Crippen LogP) is 1.81. The molecule has 0 aromatic carbocycles. The molecule has 0 spiro atoms. The molecular formula is C15H27NO5. The summed E-state index contributed by atoms with van der Waals surface area (Å²) >= 11 is 0. The Labute approximate surface area is 126 Å². The van der Waals surface area contributed by atoms with Crippen LogP contribution in [0.1, 0.15) is 54.9 Å². The van der Waals surface area contributed by atoms with E-state index in [4.69, 9.17) is 9.47 Å². The van der Waals surface area contributed by atoms with E-state index in [1.807, 2.05) is 0 Å². The van der Waals surface area contributed by atoms with Crippen molar-refractivity contribution in [3.8, 4) is 0 Å². The lowest BCUT2D eigenvalue weighted by Gasteiger charge is -2.26. The highest BCUT2D eigenvalue weighted by molar-refractivity contribution is 6.00. The third-order valence-electron chi connectivity index (χ3n) is 2.18. The van der Waals surface area contributed by atoms with Gasteiger partial charge in [0.15, 0.2) is 0 Å². The van der Waals surface area contributed by atoms with E-state index in [-0.39, 0.29) is 13.0 Å². The smallest absolute Gasteiger partial charge is 0.319 e. The first-order valence-electron chi connectivity index (χ1n) is 7.06. The lowest BCUT2D eigenvalue weighted by atomic mass is 10.0. The van der Waals surface area contributed by atoms with Gasteiger partial charge in [-0.15, -0.1) is 0 Å². The van der Waals surface area contributed by atoms with Crippen molar-refractivity contribution >= 4 is 17.8 Å². The molecule has 0 aromatic heterocycles. The molecule has 122 valence electrons. The fraction of sp³-hybridized carbons (Fsp3) is 0.800. The van der Waals surface area contributed by atoms with Crippen molar-refractivity contribution < 1.29 is 23.9 Å². The Hall–Kier alpha value is -1.59. The van der Waals surface area contributed by atoms with E-state index in [9.17, 15) is 14.4 Å². The monoisotopic (exact) mass is 301 g/mol. The number of ether oxygens (including phenoxy) is 2. The Morgan fingerprint density at radius 2 is 1.57 bits per heavy atom. The zero-order valence-electron chi connectivity index (χ0n) is 14.0. The first-order chi connectivity index (χ1) is 9.35. The number of esters is 2. The van der Waals surface area contributed by atoms with Gasteiger partial charge in [-0.05, 0) is 48.5 Å². The van der Waals surface area contributed by atoms with Crippen LogP contribution in [-0.2, 0) is 23.9 Å². The van der Waals surface area contributed by atoms with E-state index >= 15 is 0 Å². The van der Waals surface area contributed by atoms with Gasteiger partial charge >= 0.3 is 11.9 Å². The van der Waals surface area contributed by atoms with Crippen molar-refractivity contribution in [1.29, 1.82) is 0 Å². The number of rotatable bonds is 5. The van der Waals surface area contributed by atoms with Crippen LogP contribution in [0.2, 0.25) is 0 Å². The average Bonchev–Trinajstić information content (AvgIpc) is 2.20. The van der Waals surface area contributed by atoms with Gasteiger partial charge in [0.05, 0.1) is 13.0 Å². The molecule has 0 heterocycles. The summed E-state index contributed by atoms with van der Waals surface area (Å²) in [5, 5.41) is 2.69. The van der Waals surface area contributed by atoms with Crippen LogP contribution in [-0.4, -0.2) is 35.6 Å². The van der Waals surface area contributed by atoms with Crippen LogP contribution in [0.15, 0.2) is 0 Å². The molecule has 0 aliphatic carbocycles. The fourth-order valence-electron chi connectivity index (χ4n) is 1.50. The molecule has 0 saturated heterocycles. The van der Waals surface area contributed by atoms with Crippen molar-refractivity contribution in [3.05, 3.63) is 0 Å². The van der Waals surface area contributed by atoms with Crippen LogP contribution in [0.3, 0.4) is 0 Å². The largest absolute Gasteiger partial charge is 0.466 e. The minimum atomic E-state index is -1.21. The minimum absolute atomic E-state index is 0.195. The highest BCUT2D eigenvalue weighted by Gasteiger charge is 2.35. The number of hydrogen-bond acceptors (Lipinski definition) is 5. The van der Waals surface area contributed by atoms with Gasteiger partial charge in [0.25, 0.3) is 0 Å². The second kappa shape index (κ2) is 7.43. The molecule has 1 unspecified atom stereocenters. The Bertz CT molecular complexity index is 362. The third kappa shape index (κ3) is 9.05. The topological polar surface area (TPSA) is 81.7 Å². The second-order valence-electron chi connectivity index (χ2n) is 6.83. The molecule has 0 aliphatic heterocycles. The fourth-order valence-corrected chi connectivity index (χ4v) is 1.50. The van der Waals surface area contributed by atoms with E-state index < -0.39 is 34.9 Å². The summed E-state index contributed by atoms with van der Waals surface area (Å²) in [6.45, 7) is 12.3. The second-order valence-corrected chi connectivity index (χ2v) is 6.83. The summed E-state index contributed by atoms with van der Waals surface area (Å²) in [6.07, 6.45) is -0.329. The van der Waals surface area contributed by atoms with Gasteiger partial charge in [-0.25, -0.2) is 0 Å². The molecule has 0 fully saturated rings. The molecule has 0 rings (SSSR count). The first-order valence-corrected chi connectivity index (χ1v) is 7.06. The molecule has 1 amide bonds. The van der Waals surface area contributed by atoms with Crippen molar-refractivity contribution in [2.45, 2.75) is 66.0 Å². The number of hydrogen-bond donors (Lipinski definition) is 1. The summed E-state index contributed by atoms with van der Waals surface area (Å²) in [5.41, 5.74) is -1.24. The Kier molecular flexibility index (Phi) is 6.86. The minimum Gasteiger partial charge on any atom is -0.466 e. The molecule has 6 nitrogen and oxygen atoms in total. The summed E-state index contributed by atoms with van der Waals surface area (Å²) < 4.78 is 10.0. The summed E-state index contributed by atoms with van der Waals surface area (Å²) in [6, 6.07) is 0. The van der Waals surface area contributed by atoms with E-state index in [1.165, 1.54) is 0 Å². The standard InChI is InChI=1S/C15H27NO5/c1-8-20-11(17)9-10(12(18)16-14(2,3)4)13(19)21-15(5,6)7/h10H,8-9H2,1-7H3,(H,16,18). The van der Waals surface area contributed by atoms with Gasteiger partial charge in [-0.2, -0.15) is 0 Å². The Morgan fingerprint density at radius 3 is 1.95 bits per heavy atom. The van der Waals surface area contributed by atoms with Crippen molar-refractivity contribution in [3.63, 3.8) is 0 Å². The normalized spacial score (nSPS) is 13.3. The lowest BCUT2D eigenvalue weighted by molar-refractivity contribution is -0.166. The van der Waals surface area contributed by atoms with Crippen LogP contribution in [0.5, 0.6) is 0 Å². The van der Waals surface area contributed by atoms with Crippen molar-refractivity contribution in [1.82, 2.24) is 5.32 Å². The molecule has 0 aromatic rings. The maximum atomic E-state index is 12.2. The molecule has 0 aliphatic rings. The first kappa shape index (κ1) is 19.4. The number of nitrogens with one attached hydrogen (secondary N) is 1. The number of carbonyl (C=O) groups excluding carboxylic acids is 3. The molecule has 21 heavy (non-hydrogen) atoms. The molecule has 6 heteroatoms. The maximum absolute atomic E-state index is 12.2. The highest BCUT2D eigenvalue weighted by Crippen LogP contribution is 2.16. The van der Waals surface area contributed by atoms with E-state index in [2.05, 4.69) is 5.32 Å². The zero-order valence-corrected chi connectivity index (χ0v) is 14.0. The van der Waals surface area contributed by atoms with E-state index in [1.54, 1.807) is 48.5 Å². The van der Waals surface area contributed by atoms with Crippen LogP contribution >= 0.6 is 0 Å². The summed E-state index contributed by atoms with van der Waals surface area (Å²) in [7, 11) is 0. The summed E-state index contributed by atoms with van der Waals surface area (Å²) in [4.78, 5) is 35.9. The number of amides is 1. The van der Waals surface area contributed by atoms with Gasteiger partial charge in [-0.1, -0.05) is 0 Å². The third-order valence-corrected chi connectivity index (χ3v) is 2.18. The Balaban J connectivity index is 5.04. The van der Waals surface area contributed by atoms with Crippen LogP contribution < -0.4 is 5.32 Å². The average molecular weight is 301 g/mol. The highest BCUT2D eigenvalue weighted by atomic mass is 16.6. The van der Waals surface area contributed by atoms with Crippen LogP contribution in [0.4, 0.5) is 0 Å².